The van der Waals surface area contributed by atoms with Gasteiger partial charge in [0.1, 0.15) is 5.82 Å². The van der Waals surface area contributed by atoms with Gasteiger partial charge in [0.25, 0.3) is 5.56 Å². The average molecular weight is 552 g/mol. The third-order valence-corrected chi connectivity index (χ3v) is 7.39. The van der Waals surface area contributed by atoms with Crippen LogP contribution in [-0.2, 0) is 24.7 Å². The standard InChI is InChI=1S/C31H26ClN5O3/c1-36-30(21-10-11-21)35-27-13-19(9-12-24(27)31(36)40)14-28(38)22-5-4-6-23(16-22)37-18-20(17-33-37)15-29(39)34-26-8-3-2-7-25(26)32/h2-9,12-13,16-18,21H,10-11,14-15H2,1H3,(H,34,39). The molecule has 1 amide bonds. The fourth-order valence-corrected chi connectivity index (χ4v) is 4.98. The summed E-state index contributed by atoms with van der Waals surface area (Å²) < 4.78 is 3.28. The van der Waals surface area contributed by atoms with Crippen LogP contribution in [0.4, 0.5) is 5.69 Å². The Labute approximate surface area is 235 Å². The predicted octanol–water partition coefficient (Wildman–Crippen LogP) is 5.26. The van der Waals surface area contributed by atoms with Crippen LogP contribution >= 0.6 is 11.6 Å². The highest BCUT2D eigenvalue weighted by molar-refractivity contribution is 6.33. The topological polar surface area (TPSA) is 98.9 Å². The molecule has 0 aliphatic heterocycles. The second kappa shape index (κ2) is 10.5. The molecule has 0 radical (unpaired) electrons. The zero-order valence-electron chi connectivity index (χ0n) is 21.8. The molecule has 0 unspecified atom stereocenters. The van der Waals surface area contributed by atoms with Crippen LogP contribution in [0, 0.1) is 0 Å². The molecule has 3 aromatic carbocycles. The summed E-state index contributed by atoms with van der Waals surface area (Å²) in [5.41, 5.74) is 3.91. The molecule has 1 saturated carbocycles. The molecule has 200 valence electrons. The first kappa shape index (κ1) is 25.7. The highest BCUT2D eigenvalue weighted by Crippen LogP contribution is 2.38. The minimum Gasteiger partial charge on any atom is -0.324 e. The number of fused-ring (bicyclic) bond motifs is 1. The highest BCUT2D eigenvalue weighted by Gasteiger charge is 2.28. The Morgan fingerprint density at radius 3 is 2.62 bits per heavy atom. The van der Waals surface area contributed by atoms with E-state index in [1.807, 2.05) is 24.3 Å². The zero-order chi connectivity index (χ0) is 27.8. The van der Waals surface area contributed by atoms with E-state index < -0.39 is 0 Å². The maximum absolute atomic E-state index is 13.2. The number of para-hydroxylation sites is 1. The third kappa shape index (κ3) is 5.31. The Balaban J connectivity index is 1.16. The molecule has 0 spiro atoms. The molecule has 6 rings (SSSR count). The van der Waals surface area contributed by atoms with Crippen LogP contribution in [0.2, 0.25) is 5.02 Å². The van der Waals surface area contributed by atoms with E-state index in [0.717, 1.165) is 29.8 Å². The Bertz CT molecular complexity index is 1840. The molecule has 1 aliphatic carbocycles. The lowest BCUT2D eigenvalue weighted by Gasteiger charge is -2.09. The summed E-state index contributed by atoms with van der Waals surface area (Å²) in [6, 6.07) is 19.7. The molecule has 1 fully saturated rings. The van der Waals surface area contributed by atoms with Crippen LogP contribution in [-0.4, -0.2) is 31.0 Å². The lowest BCUT2D eigenvalue weighted by molar-refractivity contribution is -0.115. The first-order valence-electron chi connectivity index (χ1n) is 13.1. The lowest BCUT2D eigenvalue weighted by Crippen LogP contribution is -2.22. The van der Waals surface area contributed by atoms with Crippen LogP contribution in [0.25, 0.3) is 16.6 Å². The number of nitrogens with zero attached hydrogens (tertiary/aromatic N) is 4. The van der Waals surface area contributed by atoms with Crippen molar-refractivity contribution in [2.75, 3.05) is 5.32 Å². The number of rotatable bonds is 8. The van der Waals surface area contributed by atoms with Gasteiger partial charge < -0.3 is 5.32 Å². The van der Waals surface area contributed by atoms with Crippen molar-refractivity contribution in [3.8, 4) is 5.69 Å². The SMILES string of the molecule is Cn1c(C2CC2)nc2cc(CC(=O)c3cccc(-n4cc(CC(=O)Nc5ccccc5Cl)cn4)c3)ccc2c1=O. The van der Waals surface area contributed by atoms with Gasteiger partial charge in [-0.3, -0.25) is 19.0 Å². The summed E-state index contributed by atoms with van der Waals surface area (Å²) >= 11 is 6.13. The van der Waals surface area contributed by atoms with Gasteiger partial charge in [-0.25, -0.2) is 9.67 Å². The molecule has 2 heterocycles. The van der Waals surface area contributed by atoms with E-state index in [-0.39, 0.29) is 30.1 Å². The zero-order valence-corrected chi connectivity index (χ0v) is 22.6. The predicted molar refractivity (Wildman–Crippen MR) is 154 cm³/mol. The summed E-state index contributed by atoms with van der Waals surface area (Å²) in [4.78, 5) is 43.2. The number of hydrogen-bond donors (Lipinski definition) is 1. The van der Waals surface area contributed by atoms with Crippen LogP contribution in [0.1, 0.15) is 46.1 Å². The number of nitrogens with one attached hydrogen (secondary N) is 1. The Morgan fingerprint density at radius 1 is 1.00 bits per heavy atom. The third-order valence-electron chi connectivity index (χ3n) is 7.06. The number of halogens is 1. The number of hydrogen-bond acceptors (Lipinski definition) is 5. The summed E-state index contributed by atoms with van der Waals surface area (Å²) in [6.45, 7) is 0. The van der Waals surface area contributed by atoms with Gasteiger partial charge in [-0.15, -0.1) is 0 Å². The number of Topliss-reactive ketones (excluding diaryl/α,β-unsaturated/α-hetero) is 1. The Hall–Kier alpha value is -4.56. The van der Waals surface area contributed by atoms with Crippen molar-refractivity contribution in [1.29, 1.82) is 0 Å². The van der Waals surface area contributed by atoms with Gasteiger partial charge in [0.05, 0.1) is 39.9 Å². The minimum absolute atomic E-state index is 0.0565. The summed E-state index contributed by atoms with van der Waals surface area (Å²) in [7, 11) is 1.77. The second-order valence-electron chi connectivity index (χ2n) is 10.1. The molecule has 1 N–H and O–H groups in total. The molecule has 9 heteroatoms. The molecule has 40 heavy (non-hydrogen) atoms. The maximum Gasteiger partial charge on any atom is 0.261 e. The van der Waals surface area contributed by atoms with E-state index in [9.17, 15) is 14.4 Å². The van der Waals surface area contributed by atoms with E-state index >= 15 is 0 Å². The van der Waals surface area contributed by atoms with Gasteiger partial charge in [-0.1, -0.05) is 41.9 Å². The van der Waals surface area contributed by atoms with E-state index in [0.29, 0.717) is 38.8 Å². The number of carbonyl (C=O) groups excluding carboxylic acids is 2. The first-order valence-corrected chi connectivity index (χ1v) is 13.4. The average Bonchev–Trinajstić information content (AvgIpc) is 3.69. The summed E-state index contributed by atoms with van der Waals surface area (Å²) in [5.74, 6) is 0.894. The van der Waals surface area contributed by atoms with Crippen LogP contribution < -0.4 is 10.9 Å². The molecule has 1 aliphatic rings. The van der Waals surface area contributed by atoms with Crippen molar-refractivity contribution < 1.29 is 9.59 Å². The minimum atomic E-state index is -0.205. The monoisotopic (exact) mass is 551 g/mol. The van der Waals surface area contributed by atoms with Crippen LogP contribution in [0.3, 0.4) is 0 Å². The van der Waals surface area contributed by atoms with Crippen molar-refractivity contribution in [2.24, 2.45) is 7.05 Å². The fraction of sp³-hybridized carbons (Fsp3) is 0.194. The van der Waals surface area contributed by atoms with Crippen molar-refractivity contribution in [2.45, 2.75) is 31.6 Å². The first-order chi connectivity index (χ1) is 19.4. The van der Waals surface area contributed by atoms with E-state index in [1.165, 1.54) is 0 Å². The van der Waals surface area contributed by atoms with Gasteiger partial charge in [0.2, 0.25) is 5.91 Å². The smallest absolute Gasteiger partial charge is 0.261 e. The molecule has 2 aromatic heterocycles. The van der Waals surface area contributed by atoms with E-state index in [2.05, 4.69) is 10.4 Å². The number of anilines is 1. The molecular weight excluding hydrogens is 526 g/mol. The van der Waals surface area contributed by atoms with Crippen molar-refractivity contribution >= 4 is 39.9 Å². The summed E-state index contributed by atoms with van der Waals surface area (Å²) in [6.07, 6.45) is 5.81. The molecule has 5 aromatic rings. The molecular formula is C31H26ClN5O3. The van der Waals surface area contributed by atoms with Crippen molar-refractivity contribution in [3.05, 3.63) is 117 Å². The van der Waals surface area contributed by atoms with Crippen molar-refractivity contribution in [3.63, 3.8) is 0 Å². The van der Waals surface area contributed by atoms with Crippen molar-refractivity contribution in [1.82, 2.24) is 19.3 Å². The maximum atomic E-state index is 13.2. The normalized spacial score (nSPS) is 12.9. The van der Waals surface area contributed by atoms with Crippen LogP contribution in [0.15, 0.2) is 83.9 Å². The number of carbonyl (C=O) groups is 2. The lowest BCUT2D eigenvalue weighted by atomic mass is 10.0. The van der Waals surface area contributed by atoms with Gasteiger partial charge in [0, 0.05) is 31.1 Å². The van der Waals surface area contributed by atoms with E-state index in [1.54, 1.807) is 71.2 Å². The molecule has 0 saturated heterocycles. The quantitative estimate of drug-likeness (QED) is 0.265. The molecule has 0 bridgehead atoms. The van der Waals surface area contributed by atoms with Gasteiger partial charge in [-0.05, 0) is 60.4 Å². The number of benzene rings is 3. The Kier molecular flexibility index (Phi) is 6.77. The molecule has 8 nitrogen and oxygen atoms in total. The fourth-order valence-electron chi connectivity index (χ4n) is 4.79. The molecule has 0 atom stereocenters. The second-order valence-corrected chi connectivity index (χ2v) is 10.5. The van der Waals surface area contributed by atoms with E-state index in [4.69, 9.17) is 16.6 Å². The highest BCUT2D eigenvalue weighted by atomic mass is 35.5. The summed E-state index contributed by atoms with van der Waals surface area (Å²) in [5, 5.41) is 8.22. The Morgan fingerprint density at radius 2 is 1.82 bits per heavy atom. The largest absolute Gasteiger partial charge is 0.324 e. The number of aromatic nitrogens is 4. The van der Waals surface area contributed by atoms with Gasteiger partial charge in [0.15, 0.2) is 5.78 Å². The number of amides is 1. The van der Waals surface area contributed by atoms with Crippen LogP contribution in [0.5, 0.6) is 0 Å². The van der Waals surface area contributed by atoms with Gasteiger partial charge in [-0.2, -0.15) is 5.10 Å². The number of ketones is 1. The van der Waals surface area contributed by atoms with Gasteiger partial charge >= 0.3 is 0 Å².